The molecule has 0 amide bonds. The van der Waals surface area contributed by atoms with Gasteiger partial charge in [-0.15, -0.1) is 0 Å². The molecule has 0 N–H and O–H groups in total. The highest BCUT2D eigenvalue weighted by Gasteiger charge is 2.07. The number of esters is 1. The lowest BCUT2D eigenvalue weighted by molar-refractivity contribution is -0.128. The van der Waals surface area contributed by atoms with Crippen LogP contribution >= 0.6 is 15.9 Å². The second-order valence-corrected chi connectivity index (χ2v) is 5.31. The summed E-state index contributed by atoms with van der Waals surface area (Å²) >= 11 is 3.22. The van der Waals surface area contributed by atoms with Gasteiger partial charge in [0.2, 0.25) is 0 Å². The van der Waals surface area contributed by atoms with Gasteiger partial charge in [0.05, 0.1) is 7.11 Å². The minimum absolute atomic E-state index is 0.359. The standard InChI is InChI=1S/C18H16BrNO4/c1-3-11-23-14-8-6-13(12-16(14)22-2)7-9-17(21)24-15-5-4-10-20-18(15)19/h3-10,12H,1,11H2,2H3. The van der Waals surface area contributed by atoms with E-state index in [-0.39, 0.29) is 0 Å². The zero-order valence-electron chi connectivity index (χ0n) is 13.1. The van der Waals surface area contributed by atoms with Crippen LogP contribution in [0, 0.1) is 0 Å². The van der Waals surface area contributed by atoms with Gasteiger partial charge in [-0.3, -0.25) is 0 Å². The molecule has 1 aromatic heterocycles. The highest BCUT2D eigenvalue weighted by atomic mass is 79.9. The molecular weight excluding hydrogens is 374 g/mol. The van der Waals surface area contributed by atoms with Gasteiger partial charge in [0.1, 0.15) is 11.2 Å². The number of carbonyl (C=O) groups excluding carboxylic acids is 1. The Morgan fingerprint density at radius 2 is 2.12 bits per heavy atom. The molecule has 6 heteroatoms. The molecule has 124 valence electrons. The van der Waals surface area contributed by atoms with Crippen LogP contribution in [0.4, 0.5) is 0 Å². The van der Waals surface area contributed by atoms with Gasteiger partial charge in [-0.05, 0) is 51.8 Å². The van der Waals surface area contributed by atoms with Gasteiger partial charge < -0.3 is 14.2 Å². The molecule has 0 radical (unpaired) electrons. The Morgan fingerprint density at radius 3 is 2.83 bits per heavy atom. The van der Waals surface area contributed by atoms with Gasteiger partial charge >= 0.3 is 5.97 Å². The SMILES string of the molecule is C=CCOc1ccc(C=CC(=O)Oc2cccnc2Br)cc1OC. The lowest BCUT2D eigenvalue weighted by Crippen LogP contribution is -2.04. The number of nitrogens with zero attached hydrogens (tertiary/aromatic N) is 1. The van der Waals surface area contributed by atoms with Gasteiger partial charge in [0, 0.05) is 12.3 Å². The quantitative estimate of drug-likeness (QED) is 0.309. The van der Waals surface area contributed by atoms with Gasteiger partial charge in [-0.1, -0.05) is 18.7 Å². The van der Waals surface area contributed by atoms with E-state index in [1.165, 1.54) is 6.08 Å². The zero-order chi connectivity index (χ0) is 17.4. The van der Waals surface area contributed by atoms with Crippen LogP contribution in [0.5, 0.6) is 17.2 Å². The summed E-state index contributed by atoms with van der Waals surface area (Å²) in [4.78, 5) is 15.9. The minimum atomic E-state index is -0.505. The lowest BCUT2D eigenvalue weighted by Gasteiger charge is -2.09. The molecule has 0 fully saturated rings. The largest absolute Gasteiger partial charge is 0.493 e. The van der Waals surface area contributed by atoms with Crippen molar-refractivity contribution < 1.29 is 19.0 Å². The number of ether oxygens (including phenoxy) is 3. The maximum absolute atomic E-state index is 11.9. The number of aromatic nitrogens is 1. The summed E-state index contributed by atoms with van der Waals surface area (Å²) in [6.07, 6.45) is 6.21. The van der Waals surface area contributed by atoms with E-state index < -0.39 is 5.97 Å². The molecule has 5 nitrogen and oxygen atoms in total. The molecule has 0 spiro atoms. The average molecular weight is 390 g/mol. The number of carbonyl (C=O) groups is 1. The van der Waals surface area contributed by atoms with Crippen molar-refractivity contribution in [3.8, 4) is 17.2 Å². The van der Waals surface area contributed by atoms with Crippen molar-refractivity contribution in [3.05, 3.63) is 65.4 Å². The molecule has 1 aromatic carbocycles. The molecule has 0 saturated carbocycles. The molecule has 2 rings (SSSR count). The van der Waals surface area contributed by atoms with Crippen LogP contribution < -0.4 is 14.2 Å². The maximum atomic E-state index is 11.9. The summed E-state index contributed by atoms with van der Waals surface area (Å²) in [6, 6.07) is 8.68. The number of benzene rings is 1. The smallest absolute Gasteiger partial charge is 0.336 e. The first-order chi connectivity index (χ1) is 11.6. The van der Waals surface area contributed by atoms with Crippen molar-refractivity contribution in [1.82, 2.24) is 4.98 Å². The van der Waals surface area contributed by atoms with E-state index in [0.717, 1.165) is 5.56 Å². The van der Waals surface area contributed by atoms with Crippen molar-refractivity contribution in [3.63, 3.8) is 0 Å². The van der Waals surface area contributed by atoms with E-state index in [0.29, 0.717) is 28.5 Å². The van der Waals surface area contributed by atoms with Crippen molar-refractivity contribution in [2.75, 3.05) is 13.7 Å². The van der Waals surface area contributed by atoms with Crippen molar-refractivity contribution in [2.45, 2.75) is 0 Å². The normalized spacial score (nSPS) is 10.4. The molecule has 0 bridgehead atoms. The number of methoxy groups -OCH3 is 1. The van der Waals surface area contributed by atoms with Crippen molar-refractivity contribution >= 4 is 28.0 Å². The summed E-state index contributed by atoms with van der Waals surface area (Å²) < 4.78 is 16.4. The fraction of sp³-hybridized carbons (Fsp3) is 0.111. The summed E-state index contributed by atoms with van der Waals surface area (Å²) in [5, 5.41) is 0. The molecule has 0 aliphatic carbocycles. The molecule has 0 aliphatic rings. The molecule has 24 heavy (non-hydrogen) atoms. The molecule has 2 aromatic rings. The Kier molecular flexibility index (Phi) is 6.57. The van der Waals surface area contributed by atoms with Crippen LogP contribution in [0.15, 0.2) is 59.9 Å². The monoisotopic (exact) mass is 389 g/mol. The Balaban J connectivity index is 2.06. The van der Waals surface area contributed by atoms with Crippen molar-refractivity contribution in [1.29, 1.82) is 0 Å². The lowest BCUT2D eigenvalue weighted by atomic mass is 10.2. The van der Waals surface area contributed by atoms with E-state index in [9.17, 15) is 4.79 Å². The summed E-state index contributed by atoms with van der Waals surface area (Å²) in [6.45, 7) is 3.99. The first kappa shape index (κ1) is 17.7. The fourth-order valence-electron chi connectivity index (χ4n) is 1.81. The van der Waals surface area contributed by atoms with Crippen molar-refractivity contribution in [2.24, 2.45) is 0 Å². The van der Waals surface area contributed by atoms with E-state index in [2.05, 4.69) is 27.5 Å². The first-order valence-electron chi connectivity index (χ1n) is 7.06. The Morgan fingerprint density at radius 1 is 1.29 bits per heavy atom. The van der Waals surface area contributed by atoms with Gasteiger partial charge in [0.25, 0.3) is 0 Å². The topological polar surface area (TPSA) is 57.7 Å². The van der Waals surface area contributed by atoms with Crippen LogP contribution in [0.1, 0.15) is 5.56 Å². The molecule has 0 unspecified atom stereocenters. The average Bonchev–Trinajstić information content (AvgIpc) is 2.60. The van der Waals surface area contributed by atoms with E-state index in [1.54, 1.807) is 49.7 Å². The number of hydrogen-bond acceptors (Lipinski definition) is 5. The van der Waals surface area contributed by atoms with E-state index in [4.69, 9.17) is 14.2 Å². The Hall–Kier alpha value is -2.60. The fourth-order valence-corrected chi connectivity index (χ4v) is 2.14. The minimum Gasteiger partial charge on any atom is -0.493 e. The first-order valence-corrected chi connectivity index (χ1v) is 7.85. The number of pyridine rings is 1. The second-order valence-electron chi connectivity index (χ2n) is 4.56. The van der Waals surface area contributed by atoms with Gasteiger partial charge in [-0.2, -0.15) is 0 Å². The second kappa shape index (κ2) is 8.88. The molecule has 0 saturated heterocycles. The third kappa shape index (κ3) is 4.96. The predicted octanol–water partition coefficient (Wildman–Crippen LogP) is 4.04. The predicted molar refractivity (Wildman–Crippen MR) is 95.3 cm³/mol. The number of hydrogen-bond donors (Lipinski definition) is 0. The number of halogens is 1. The maximum Gasteiger partial charge on any atom is 0.336 e. The summed E-state index contributed by atoms with van der Waals surface area (Å²) in [5.74, 6) is 1.03. The highest BCUT2D eigenvalue weighted by Crippen LogP contribution is 2.28. The van der Waals surface area contributed by atoms with Crippen LogP contribution in [0.25, 0.3) is 6.08 Å². The molecular formula is C18H16BrNO4. The Bertz CT molecular complexity index is 758. The molecule has 0 aliphatic heterocycles. The zero-order valence-corrected chi connectivity index (χ0v) is 14.7. The summed E-state index contributed by atoms with van der Waals surface area (Å²) in [7, 11) is 1.55. The van der Waals surface area contributed by atoms with Gasteiger partial charge in [0.15, 0.2) is 17.2 Å². The van der Waals surface area contributed by atoms with Crippen LogP contribution in [-0.4, -0.2) is 24.7 Å². The Labute approximate surface area is 148 Å². The molecule has 0 atom stereocenters. The highest BCUT2D eigenvalue weighted by molar-refractivity contribution is 9.10. The third-order valence-corrected chi connectivity index (χ3v) is 3.49. The van der Waals surface area contributed by atoms with Gasteiger partial charge in [-0.25, -0.2) is 9.78 Å². The van der Waals surface area contributed by atoms with E-state index in [1.807, 2.05) is 6.07 Å². The van der Waals surface area contributed by atoms with E-state index >= 15 is 0 Å². The van der Waals surface area contributed by atoms with Crippen LogP contribution in [0.2, 0.25) is 0 Å². The summed E-state index contributed by atoms with van der Waals surface area (Å²) in [5.41, 5.74) is 0.778. The number of rotatable bonds is 7. The van der Waals surface area contributed by atoms with Crippen LogP contribution in [0.3, 0.4) is 0 Å². The molecule has 1 heterocycles. The third-order valence-electron chi connectivity index (χ3n) is 2.89. The van der Waals surface area contributed by atoms with Crippen LogP contribution in [-0.2, 0) is 4.79 Å².